The predicted octanol–water partition coefficient (Wildman–Crippen LogP) is 3.70. The van der Waals surface area contributed by atoms with E-state index in [1.54, 1.807) is 13.1 Å². The highest BCUT2D eigenvalue weighted by molar-refractivity contribution is 5.83. The van der Waals surface area contributed by atoms with Crippen LogP contribution in [0.2, 0.25) is 0 Å². The van der Waals surface area contributed by atoms with Crippen LogP contribution in [0.3, 0.4) is 0 Å². The van der Waals surface area contributed by atoms with E-state index < -0.39 is 4.92 Å². The molecule has 132 valence electrons. The molecule has 1 N–H and O–H groups in total. The molecule has 0 saturated carbocycles. The van der Waals surface area contributed by atoms with E-state index in [1.165, 1.54) is 28.9 Å². The highest BCUT2D eigenvalue weighted by Gasteiger charge is 2.12. The largest absolute Gasteiger partial charge is 0.295 e. The van der Waals surface area contributed by atoms with Gasteiger partial charge in [-0.25, -0.2) is 4.68 Å². The summed E-state index contributed by atoms with van der Waals surface area (Å²) in [7, 11) is 0. The van der Waals surface area contributed by atoms with Gasteiger partial charge in [-0.05, 0) is 37.1 Å². The van der Waals surface area contributed by atoms with Gasteiger partial charge >= 0.3 is 0 Å². The van der Waals surface area contributed by atoms with Crippen LogP contribution in [0.15, 0.2) is 58.3 Å². The third-order valence-electron chi connectivity index (χ3n) is 4.14. The molecule has 2 aromatic carbocycles. The fraction of sp³-hybridized carbons (Fsp3) is 0.158. The van der Waals surface area contributed by atoms with Gasteiger partial charge in [0, 0.05) is 24.0 Å². The van der Waals surface area contributed by atoms with Crippen molar-refractivity contribution in [2.45, 2.75) is 20.3 Å². The van der Waals surface area contributed by atoms with Gasteiger partial charge in [0.1, 0.15) is 0 Å². The molecule has 0 saturated heterocycles. The minimum atomic E-state index is -0.476. The molecule has 0 bridgehead atoms. The maximum atomic E-state index is 12.7. The van der Waals surface area contributed by atoms with Crippen LogP contribution in [0.25, 0.3) is 5.69 Å². The molecule has 3 rings (SSSR count). The number of hydrogen-bond donors (Lipinski definition) is 1. The Bertz CT molecular complexity index is 1030. The van der Waals surface area contributed by atoms with Gasteiger partial charge in [0.15, 0.2) is 0 Å². The minimum Gasteiger partial charge on any atom is -0.295 e. The van der Waals surface area contributed by atoms with Crippen LogP contribution in [0, 0.1) is 17.0 Å². The van der Waals surface area contributed by atoms with Crippen molar-refractivity contribution in [1.29, 1.82) is 0 Å². The summed E-state index contributed by atoms with van der Waals surface area (Å²) in [4.78, 5) is 27.4. The van der Waals surface area contributed by atoms with E-state index in [4.69, 9.17) is 0 Å². The molecule has 3 aromatic rings. The number of nitrogens with one attached hydrogen (secondary N) is 1. The Morgan fingerprint density at radius 3 is 2.54 bits per heavy atom. The van der Waals surface area contributed by atoms with Crippen molar-refractivity contribution >= 4 is 17.6 Å². The van der Waals surface area contributed by atoms with Crippen LogP contribution in [-0.4, -0.2) is 20.9 Å². The van der Waals surface area contributed by atoms with E-state index in [2.05, 4.69) is 17.0 Å². The lowest BCUT2D eigenvalue weighted by Crippen LogP contribution is -2.17. The first-order valence-electron chi connectivity index (χ1n) is 8.19. The van der Waals surface area contributed by atoms with E-state index in [0.717, 1.165) is 17.7 Å². The van der Waals surface area contributed by atoms with Gasteiger partial charge in [0.2, 0.25) is 0 Å². The lowest BCUT2D eigenvalue weighted by molar-refractivity contribution is -0.384. The molecule has 26 heavy (non-hydrogen) atoms. The van der Waals surface area contributed by atoms with Gasteiger partial charge in [-0.15, -0.1) is 0 Å². The zero-order valence-corrected chi connectivity index (χ0v) is 14.5. The highest BCUT2D eigenvalue weighted by Crippen LogP contribution is 2.19. The standard InChI is InChI=1S/C19H18N4O3/c1-3-14-6-4-5-7-18(14)20-12-17-13(2)21-22(19(17)24)15-8-10-16(11-9-15)23(25)26/h4-12,21H,3H2,1-2H3. The summed E-state index contributed by atoms with van der Waals surface area (Å²) in [5, 5.41) is 13.7. The summed E-state index contributed by atoms with van der Waals surface area (Å²) in [5.41, 5.74) is 3.30. The molecule has 0 amide bonds. The van der Waals surface area contributed by atoms with E-state index >= 15 is 0 Å². The molecule has 0 radical (unpaired) electrons. The molecule has 7 heteroatoms. The van der Waals surface area contributed by atoms with Crippen LogP contribution in [0.4, 0.5) is 11.4 Å². The first-order chi connectivity index (χ1) is 12.5. The second kappa shape index (κ2) is 7.18. The highest BCUT2D eigenvalue weighted by atomic mass is 16.6. The summed E-state index contributed by atoms with van der Waals surface area (Å²) < 4.78 is 1.35. The number of aromatic nitrogens is 2. The zero-order valence-electron chi connectivity index (χ0n) is 14.5. The predicted molar refractivity (Wildman–Crippen MR) is 101 cm³/mol. The Labute approximate surface area is 149 Å². The number of aliphatic imine (C=N–C) groups is 1. The van der Waals surface area contributed by atoms with Crippen molar-refractivity contribution in [1.82, 2.24) is 9.78 Å². The van der Waals surface area contributed by atoms with E-state index in [-0.39, 0.29) is 11.2 Å². The van der Waals surface area contributed by atoms with E-state index in [0.29, 0.717) is 16.9 Å². The molecule has 0 unspecified atom stereocenters. The van der Waals surface area contributed by atoms with E-state index in [9.17, 15) is 14.9 Å². The second-order valence-electron chi connectivity index (χ2n) is 5.81. The number of nitro benzene ring substituents is 1. The van der Waals surface area contributed by atoms with Crippen LogP contribution in [-0.2, 0) is 6.42 Å². The number of hydrogen-bond acceptors (Lipinski definition) is 4. The lowest BCUT2D eigenvalue weighted by atomic mass is 10.1. The monoisotopic (exact) mass is 350 g/mol. The number of non-ortho nitro benzene ring substituents is 1. The number of nitrogens with zero attached hydrogens (tertiary/aromatic N) is 3. The van der Waals surface area contributed by atoms with Crippen LogP contribution < -0.4 is 5.56 Å². The molecule has 0 atom stereocenters. The molecular weight excluding hydrogens is 332 g/mol. The minimum absolute atomic E-state index is 0.0250. The maximum absolute atomic E-state index is 12.7. The Morgan fingerprint density at radius 1 is 1.19 bits per heavy atom. The molecule has 0 aliphatic carbocycles. The fourth-order valence-electron chi connectivity index (χ4n) is 2.69. The van der Waals surface area contributed by atoms with Gasteiger partial charge in [-0.2, -0.15) is 0 Å². The number of nitro groups is 1. The number of para-hydroxylation sites is 1. The van der Waals surface area contributed by atoms with Gasteiger partial charge in [0.05, 0.1) is 21.9 Å². The first-order valence-corrected chi connectivity index (χ1v) is 8.19. The quantitative estimate of drug-likeness (QED) is 0.432. The Balaban J connectivity index is 1.97. The number of rotatable bonds is 5. The summed E-state index contributed by atoms with van der Waals surface area (Å²) in [6.07, 6.45) is 2.41. The number of H-pyrrole nitrogens is 1. The normalized spacial score (nSPS) is 11.2. The third kappa shape index (κ3) is 3.32. The molecule has 1 aromatic heterocycles. The third-order valence-corrected chi connectivity index (χ3v) is 4.14. The van der Waals surface area contributed by atoms with Crippen molar-refractivity contribution in [3.05, 3.63) is 85.8 Å². The van der Waals surface area contributed by atoms with Crippen molar-refractivity contribution in [2.75, 3.05) is 0 Å². The van der Waals surface area contributed by atoms with Gasteiger partial charge in [-0.1, -0.05) is 25.1 Å². The second-order valence-corrected chi connectivity index (χ2v) is 5.81. The first kappa shape index (κ1) is 17.3. The van der Waals surface area contributed by atoms with Crippen LogP contribution in [0.5, 0.6) is 0 Å². The Kier molecular flexibility index (Phi) is 4.79. The average Bonchev–Trinajstić information content (AvgIpc) is 2.94. The van der Waals surface area contributed by atoms with Crippen molar-refractivity contribution < 1.29 is 4.92 Å². The maximum Gasteiger partial charge on any atom is 0.280 e. The molecule has 1 heterocycles. The Morgan fingerprint density at radius 2 is 1.88 bits per heavy atom. The van der Waals surface area contributed by atoms with Crippen molar-refractivity contribution in [3.63, 3.8) is 0 Å². The van der Waals surface area contributed by atoms with Crippen molar-refractivity contribution in [2.24, 2.45) is 4.99 Å². The smallest absolute Gasteiger partial charge is 0.280 e. The number of aryl methyl sites for hydroxylation is 2. The average molecular weight is 350 g/mol. The van der Waals surface area contributed by atoms with Crippen LogP contribution >= 0.6 is 0 Å². The van der Waals surface area contributed by atoms with Gasteiger partial charge in [0.25, 0.3) is 11.2 Å². The molecular formula is C19H18N4O3. The van der Waals surface area contributed by atoms with E-state index in [1.807, 2.05) is 24.3 Å². The number of aromatic amines is 1. The SMILES string of the molecule is CCc1ccccc1N=Cc1c(C)[nH]n(-c2ccc([N+](=O)[O-])cc2)c1=O. The number of benzene rings is 2. The fourth-order valence-corrected chi connectivity index (χ4v) is 2.69. The topological polar surface area (TPSA) is 93.3 Å². The summed E-state index contributed by atoms with van der Waals surface area (Å²) in [5.74, 6) is 0. The summed E-state index contributed by atoms with van der Waals surface area (Å²) >= 11 is 0. The van der Waals surface area contributed by atoms with Gasteiger partial charge in [-0.3, -0.25) is 25.0 Å². The molecule has 0 aliphatic rings. The summed E-state index contributed by atoms with van der Waals surface area (Å²) in [6.45, 7) is 3.84. The molecule has 0 fully saturated rings. The summed E-state index contributed by atoms with van der Waals surface area (Å²) in [6, 6.07) is 13.6. The van der Waals surface area contributed by atoms with Crippen molar-refractivity contribution in [3.8, 4) is 5.69 Å². The zero-order chi connectivity index (χ0) is 18.7. The molecule has 0 aliphatic heterocycles. The lowest BCUT2D eigenvalue weighted by Gasteiger charge is -2.01. The van der Waals surface area contributed by atoms with Crippen LogP contribution in [0.1, 0.15) is 23.7 Å². The van der Waals surface area contributed by atoms with Gasteiger partial charge < -0.3 is 0 Å². The Hall–Kier alpha value is -3.48. The molecule has 0 spiro atoms. The molecule has 7 nitrogen and oxygen atoms in total.